The predicted octanol–water partition coefficient (Wildman–Crippen LogP) is 5.54. The number of hydrogen-bond acceptors (Lipinski definition) is 6. The zero-order valence-corrected chi connectivity index (χ0v) is 25.9. The van der Waals surface area contributed by atoms with Gasteiger partial charge in [-0.2, -0.15) is 4.98 Å². The third-order valence-corrected chi connectivity index (χ3v) is 8.89. The highest BCUT2D eigenvalue weighted by molar-refractivity contribution is 5.90. The third-order valence-electron chi connectivity index (χ3n) is 8.89. The fourth-order valence-corrected chi connectivity index (χ4v) is 6.25. The number of rotatable bonds is 9. The quantitative estimate of drug-likeness (QED) is 0.222. The van der Waals surface area contributed by atoms with Crippen molar-refractivity contribution in [1.82, 2.24) is 25.3 Å². The lowest BCUT2D eigenvalue weighted by Gasteiger charge is -2.32. The van der Waals surface area contributed by atoms with Crippen molar-refractivity contribution in [3.63, 3.8) is 0 Å². The molecular formula is C36H37N5O5. The topological polar surface area (TPSA) is 129 Å². The number of likely N-dealkylation sites (tertiary alicyclic amines) is 1. The monoisotopic (exact) mass is 619 g/mol. The van der Waals surface area contributed by atoms with E-state index in [1.807, 2.05) is 60.7 Å². The second-order valence-electron chi connectivity index (χ2n) is 12.0. The number of fused-ring (bicyclic) bond motifs is 2. The first-order chi connectivity index (χ1) is 22.2. The van der Waals surface area contributed by atoms with Crippen LogP contribution in [0, 0.1) is 12.8 Å². The average Bonchev–Trinajstić information content (AvgIpc) is 3.51. The summed E-state index contributed by atoms with van der Waals surface area (Å²) in [4.78, 5) is 46.8. The number of hydrogen-bond donors (Lipinski definition) is 2. The number of carboxylic acid groups (broad SMARTS) is 1. The zero-order chi connectivity index (χ0) is 32.2. The Morgan fingerprint density at radius 2 is 1.46 bits per heavy atom. The summed E-state index contributed by atoms with van der Waals surface area (Å²) >= 11 is 0. The van der Waals surface area contributed by atoms with Crippen LogP contribution in [0.25, 0.3) is 21.5 Å². The van der Waals surface area contributed by atoms with Gasteiger partial charge in [0.1, 0.15) is 12.1 Å². The summed E-state index contributed by atoms with van der Waals surface area (Å²) in [5.74, 6) is -0.144. The maximum atomic E-state index is 14.4. The van der Waals surface area contributed by atoms with E-state index in [4.69, 9.17) is 4.52 Å². The van der Waals surface area contributed by atoms with E-state index >= 15 is 0 Å². The molecule has 5 aromatic rings. The summed E-state index contributed by atoms with van der Waals surface area (Å²) in [6.45, 7) is 2.29. The molecule has 10 nitrogen and oxygen atoms in total. The van der Waals surface area contributed by atoms with Gasteiger partial charge >= 0.3 is 6.09 Å². The molecule has 0 aliphatic carbocycles. The van der Waals surface area contributed by atoms with Crippen molar-refractivity contribution < 1.29 is 24.0 Å². The van der Waals surface area contributed by atoms with Crippen molar-refractivity contribution in [2.45, 2.75) is 44.7 Å². The second kappa shape index (κ2) is 13.4. The van der Waals surface area contributed by atoms with Crippen molar-refractivity contribution in [3.05, 3.63) is 108 Å². The molecule has 2 N–H and O–H groups in total. The SMILES string of the molecule is Cc1noc([C@@H](Cc2ccc3ccccc3c2)N(C)C(=O)[C@@H](Cc2ccc3ccccc3c2)NC(=O)C2CCN(C(=O)O)CC2)n1. The summed E-state index contributed by atoms with van der Waals surface area (Å²) in [6.07, 6.45) is 0.518. The lowest BCUT2D eigenvalue weighted by atomic mass is 9.94. The Morgan fingerprint density at radius 3 is 2.00 bits per heavy atom. The second-order valence-corrected chi connectivity index (χ2v) is 12.0. The fraction of sp³-hybridized carbons (Fsp3) is 0.306. The number of carbonyl (C=O) groups is 3. The van der Waals surface area contributed by atoms with Gasteiger partial charge in [-0.15, -0.1) is 0 Å². The number of piperidine rings is 1. The first-order valence-electron chi connectivity index (χ1n) is 15.6. The molecule has 1 aliphatic rings. The van der Waals surface area contributed by atoms with Crippen LogP contribution in [0.5, 0.6) is 0 Å². The standard InChI is InChI=1S/C36H37N5O5/c1-23-37-34(46-39-23)32(22-25-12-14-27-8-4-6-10-30(27)20-25)40(2)35(43)31(21-24-11-13-26-7-3-5-9-29(26)19-24)38-33(42)28-15-17-41(18-16-28)36(44)45/h3-14,19-20,28,31-32H,15-18,21-22H2,1-2H3,(H,38,42)(H,44,45)/t31-,32-/m1/s1. The number of nitrogens with one attached hydrogen (secondary N) is 1. The summed E-state index contributed by atoms with van der Waals surface area (Å²) in [5, 5.41) is 20.7. The molecule has 6 rings (SSSR count). The van der Waals surface area contributed by atoms with Gasteiger partial charge < -0.3 is 24.7 Å². The van der Waals surface area contributed by atoms with E-state index in [0.717, 1.165) is 32.7 Å². The average molecular weight is 620 g/mol. The third kappa shape index (κ3) is 6.86. The molecule has 0 bridgehead atoms. The molecule has 10 heteroatoms. The molecule has 0 radical (unpaired) electrons. The first-order valence-corrected chi connectivity index (χ1v) is 15.6. The number of aromatic nitrogens is 2. The van der Waals surface area contributed by atoms with E-state index < -0.39 is 18.2 Å². The lowest BCUT2D eigenvalue weighted by molar-refractivity contribution is -0.139. The maximum Gasteiger partial charge on any atom is 0.407 e. The van der Waals surface area contributed by atoms with Crippen molar-refractivity contribution in [2.75, 3.05) is 20.1 Å². The van der Waals surface area contributed by atoms with E-state index in [1.54, 1.807) is 18.9 Å². The molecule has 0 unspecified atom stereocenters. The van der Waals surface area contributed by atoms with Gasteiger partial charge in [0.15, 0.2) is 5.82 Å². The lowest BCUT2D eigenvalue weighted by Crippen LogP contribution is -2.52. The maximum absolute atomic E-state index is 14.4. The van der Waals surface area contributed by atoms with E-state index in [2.05, 4.69) is 39.7 Å². The van der Waals surface area contributed by atoms with Crippen LogP contribution in [0.4, 0.5) is 4.79 Å². The van der Waals surface area contributed by atoms with E-state index in [0.29, 0.717) is 31.0 Å². The Labute approximate surface area is 267 Å². The minimum absolute atomic E-state index is 0.253. The van der Waals surface area contributed by atoms with E-state index in [9.17, 15) is 19.5 Å². The van der Waals surface area contributed by atoms with Gasteiger partial charge in [0.25, 0.3) is 0 Å². The number of likely N-dealkylation sites (N-methyl/N-ethyl adjacent to an activating group) is 1. The Bertz CT molecular complexity index is 1880. The first kappa shape index (κ1) is 30.8. The van der Waals surface area contributed by atoms with Crippen LogP contribution in [0.2, 0.25) is 0 Å². The van der Waals surface area contributed by atoms with E-state index in [1.165, 1.54) is 4.90 Å². The molecule has 2 heterocycles. The molecule has 0 saturated carbocycles. The minimum atomic E-state index is -0.987. The van der Waals surface area contributed by atoms with Gasteiger partial charge in [0.2, 0.25) is 17.7 Å². The Balaban J connectivity index is 1.28. The number of nitrogens with zero attached hydrogens (tertiary/aromatic N) is 4. The van der Waals surface area contributed by atoms with Gasteiger partial charge in [-0.25, -0.2) is 4.79 Å². The van der Waals surface area contributed by atoms with Crippen LogP contribution in [-0.4, -0.2) is 69.1 Å². The largest absolute Gasteiger partial charge is 0.465 e. The normalized spacial score (nSPS) is 15.0. The number of carbonyl (C=O) groups excluding carboxylic acids is 2. The molecule has 1 saturated heterocycles. The van der Waals surface area contributed by atoms with Crippen molar-refractivity contribution in [1.29, 1.82) is 0 Å². The fourth-order valence-electron chi connectivity index (χ4n) is 6.25. The number of aryl methyl sites for hydroxylation is 1. The Morgan fingerprint density at radius 1 is 0.891 bits per heavy atom. The predicted molar refractivity (Wildman–Crippen MR) is 174 cm³/mol. The van der Waals surface area contributed by atoms with Crippen molar-refractivity contribution >= 4 is 39.5 Å². The molecule has 46 heavy (non-hydrogen) atoms. The highest BCUT2D eigenvalue weighted by Crippen LogP contribution is 2.27. The van der Waals surface area contributed by atoms with Gasteiger partial charge in [0, 0.05) is 38.9 Å². The van der Waals surface area contributed by atoms with Crippen LogP contribution in [0.1, 0.15) is 41.7 Å². The highest BCUT2D eigenvalue weighted by atomic mass is 16.5. The number of benzene rings is 4. The molecule has 3 amide bonds. The molecule has 4 aromatic carbocycles. The smallest absolute Gasteiger partial charge is 0.407 e. The van der Waals surface area contributed by atoms with Gasteiger partial charge in [-0.1, -0.05) is 90.1 Å². The molecular weight excluding hydrogens is 582 g/mol. The number of amides is 3. The molecule has 1 aliphatic heterocycles. The van der Waals surface area contributed by atoms with Gasteiger partial charge in [-0.05, 0) is 52.4 Å². The Kier molecular flexibility index (Phi) is 8.96. The van der Waals surface area contributed by atoms with Crippen molar-refractivity contribution in [3.8, 4) is 0 Å². The van der Waals surface area contributed by atoms with Crippen LogP contribution in [-0.2, 0) is 22.4 Å². The molecule has 0 spiro atoms. The molecule has 1 fully saturated rings. The molecule has 1 aromatic heterocycles. The summed E-state index contributed by atoms with van der Waals surface area (Å²) in [7, 11) is 1.71. The van der Waals surface area contributed by atoms with Crippen molar-refractivity contribution in [2.24, 2.45) is 5.92 Å². The van der Waals surface area contributed by atoms with Crippen LogP contribution in [0.15, 0.2) is 89.5 Å². The summed E-state index contributed by atoms with van der Waals surface area (Å²) in [5.41, 5.74) is 1.91. The zero-order valence-electron chi connectivity index (χ0n) is 25.9. The van der Waals surface area contributed by atoms with Crippen LogP contribution >= 0.6 is 0 Å². The van der Waals surface area contributed by atoms with Crippen LogP contribution in [0.3, 0.4) is 0 Å². The van der Waals surface area contributed by atoms with Gasteiger partial charge in [0.05, 0.1) is 0 Å². The molecule has 2 atom stereocenters. The van der Waals surface area contributed by atoms with E-state index in [-0.39, 0.29) is 37.2 Å². The Hall–Kier alpha value is -5.25. The van der Waals surface area contributed by atoms with Gasteiger partial charge in [-0.3, -0.25) is 9.59 Å². The van der Waals surface area contributed by atoms with Crippen LogP contribution < -0.4 is 5.32 Å². The summed E-state index contributed by atoms with van der Waals surface area (Å²) in [6, 6.07) is 26.9. The summed E-state index contributed by atoms with van der Waals surface area (Å²) < 4.78 is 5.61. The highest BCUT2D eigenvalue weighted by Gasteiger charge is 2.35. The minimum Gasteiger partial charge on any atom is -0.465 e. The molecule has 236 valence electrons.